The largest absolute Gasteiger partial charge is 0.372 e. The molecule has 2 saturated heterocycles. The molecule has 0 bridgehead atoms. The lowest BCUT2D eigenvalue weighted by Gasteiger charge is -2.39. The predicted molar refractivity (Wildman–Crippen MR) is 137 cm³/mol. The number of pyridine rings is 1. The average molecular weight is 489 g/mol. The van der Waals surface area contributed by atoms with Gasteiger partial charge in [0, 0.05) is 31.2 Å². The molecule has 9 heteroatoms. The summed E-state index contributed by atoms with van der Waals surface area (Å²) in [5, 5.41) is 9.78. The van der Waals surface area contributed by atoms with Crippen molar-refractivity contribution < 1.29 is 9.53 Å². The van der Waals surface area contributed by atoms with Crippen LogP contribution in [0, 0.1) is 18.3 Å². The Morgan fingerprint density at radius 2 is 1.91 bits per heavy atom. The van der Waals surface area contributed by atoms with Gasteiger partial charge in [-0.1, -0.05) is 37.8 Å². The quantitative estimate of drug-likeness (QED) is 0.441. The Bertz CT molecular complexity index is 1080. The molecule has 0 N–H and O–H groups in total. The zero-order valence-electron chi connectivity index (χ0n) is 20.2. The third-order valence-corrected chi connectivity index (χ3v) is 7.47. The Labute approximate surface area is 205 Å². The molecule has 33 heavy (non-hydrogen) atoms. The lowest BCUT2D eigenvalue weighted by atomic mass is 10.0. The summed E-state index contributed by atoms with van der Waals surface area (Å²) >= 11 is 6.78. The highest BCUT2D eigenvalue weighted by Gasteiger charge is 2.36. The van der Waals surface area contributed by atoms with Gasteiger partial charge in [-0.25, -0.2) is 0 Å². The zero-order valence-corrected chi connectivity index (χ0v) is 21.8. The minimum absolute atomic E-state index is 0.00799. The maximum Gasteiger partial charge on any atom is 0.270 e. The van der Waals surface area contributed by atoms with Gasteiger partial charge in [-0.05, 0) is 52.2 Å². The van der Waals surface area contributed by atoms with Crippen LogP contribution in [0.15, 0.2) is 9.70 Å². The highest BCUT2D eigenvalue weighted by atomic mass is 32.2. The third-order valence-electron chi connectivity index (χ3n) is 6.14. The van der Waals surface area contributed by atoms with E-state index in [0.717, 1.165) is 24.2 Å². The fourth-order valence-corrected chi connectivity index (χ4v) is 5.88. The Morgan fingerprint density at radius 1 is 1.27 bits per heavy atom. The summed E-state index contributed by atoms with van der Waals surface area (Å²) in [5.41, 5.74) is 1.14. The summed E-state index contributed by atoms with van der Waals surface area (Å²) < 4.78 is 8.15. The van der Waals surface area contributed by atoms with Crippen LogP contribution in [0.1, 0.15) is 64.2 Å². The number of morpholine rings is 1. The second-order valence-electron chi connectivity index (χ2n) is 8.78. The van der Waals surface area contributed by atoms with E-state index in [1.54, 1.807) is 16.4 Å². The zero-order chi connectivity index (χ0) is 24.4. The minimum atomic E-state index is -0.289. The Balaban J connectivity index is 2.26. The van der Waals surface area contributed by atoms with Crippen LogP contribution in [-0.4, -0.2) is 51.0 Å². The molecular formula is C24H32N4O3S2. The number of thiocarbonyl (C=S) groups is 1. The number of hydrogen-bond donors (Lipinski definition) is 0. The number of carbonyl (C=O) groups is 1. The monoisotopic (exact) mass is 488 g/mol. The first-order valence-electron chi connectivity index (χ1n) is 11.5. The standard InChI is InChI=1S/C24H32N4O3S2/c1-7-9-27-21(26-12-15(4)31-16(5)13-26)18(17(6)19(11-25)22(27)29)10-20-23(30)28(14(3)8-2)24(32)33-20/h10,14-16H,7-9,12-13H2,1-6H3. The molecule has 3 unspecified atom stereocenters. The smallest absolute Gasteiger partial charge is 0.270 e. The Hall–Kier alpha value is -2.15. The van der Waals surface area contributed by atoms with Crippen molar-refractivity contribution in [2.24, 2.45) is 0 Å². The van der Waals surface area contributed by atoms with Crippen molar-refractivity contribution in [2.75, 3.05) is 18.0 Å². The molecule has 3 rings (SSSR count). The lowest BCUT2D eigenvalue weighted by Crippen LogP contribution is -2.48. The van der Waals surface area contributed by atoms with E-state index in [4.69, 9.17) is 17.0 Å². The summed E-state index contributed by atoms with van der Waals surface area (Å²) in [6.45, 7) is 13.5. The van der Waals surface area contributed by atoms with Gasteiger partial charge in [-0.15, -0.1) is 0 Å². The van der Waals surface area contributed by atoms with E-state index in [2.05, 4.69) is 11.0 Å². The van der Waals surface area contributed by atoms with Gasteiger partial charge >= 0.3 is 0 Å². The summed E-state index contributed by atoms with van der Waals surface area (Å²) in [4.78, 5) is 30.9. The Morgan fingerprint density at radius 3 is 2.45 bits per heavy atom. The van der Waals surface area contributed by atoms with Crippen molar-refractivity contribution in [3.8, 4) is 6.07 Å². The second-order valence-corrected chi connectivity index (χ2v) is 10.5. The minimum Gasteiger partial charge on any atom is -0.372 e. The van der Waals surface area contributed by atoms with Crippen LogP contribution in [0.3, 0.4) is 0 Å². The molecule has 0 radical (unpaired) electrons. The molecule has 3 atom stereocenters. The van der Waals surface area contributed by atoms with Crippen LogP contribution >= 0.6 is 24.0 Å². The number of nitrogens with zero attached hydrogens (tertiary/aromatic N) is 4. The molecule has 178 valence electrons. The van der Waals surface area contributed by atoms with Crippen molar-refractivity contribution in [1.82, 2.24) is 9.47 Å². The first kappa shape index (κ1) is 25.5. The average Bonchev–Trinajstić information content (AvgIpc) is 3.03. The normalized spacial score (nSPS) is 23.4. The van der Waals surface area contributed by atoms with Gasteiger partial charge in [0.25, 0.3) is 11.5 Å². The third kappa shape index (κ3) is 4.88. The first-order chi connectivity index (χ1) is 15.6. The van der Waals surface area contributed by atoms with E-state index in [1.807, 2.05) is 40.7 Å². The number of aromatic nitrogens is 1. The van der Waals surface area contributed by atoms with Crippen LogP contribution in [0.5, 0.6) is 0 Å². The van der Waals surface area contributed by atoms with Crippen LogP contribution in [0.25, 0.3) is 6.08 Å². The molecule has 2 fully saturated rings. The maximum atomic E-state index is 13.3. The molecule has 0 aromatic carbocycles. The van der Waals surface area contributed by atoms with E-state index in [9.17, 15) is 14.9 Å². The lowest BCUT2D eigenvalue weighted by molar-refractivity contribution is -0.123. The SMILES string of the molecule is CCCn1c(N2CC(C)OC(C)C2)c(C=C2SC(=S)N(C(C)CC)C2=O)c(C)c(C#N)c1=O. The van der Waals surface area contributed by atoms with Gasteiger partial charge < -0.3 is 9.64 Å². The van der Waals surface area contributed by atoms with Gasteiger partial charge in [0.05, 0.1) is 17.1 Å². The fourth-order valence-electron chi connectivity index (χ4n) is 4.44. The van der Waals surface area contributed by atoms with Gasteiger partial charge in [0.1, 0.15) is 21.8 Å². The van der Waals surface area contributed by atoms with E-state index in [-0.39, 0.29) is 35.3 Å². The van der Waals surface area contributed by atoms with Crippen LogP contribution in [0.2, 0.25) is 0 Å². The van der Waals surface area contributed by atoms with Gasteiger partial charge in [-0.2, -0.15) is 5.26 Å². The molecular weight excluding hydrogens is 456 g/mol. The molecule has 1 aromatic rings. The highest BCUT2D eigenvalue weighted by molar-refractivity contribution is 8.26. The maximum absolute atomic E-state index is 13.3. The number of nitriles is 1. The molecule has 0 spiro atoms. The van der Waals surface area contributed by atoms with Gasteiger partial charge in [-0.3, -0.25) is 19.1 Å². The van der Waals surface area contributed by atoms with Crippen LogP contribution in [0.4, 0.5) is 5.82 Å². The fraction of sp³-hybridized carbons (Fsp3) is 0.583. The number of ether oxygens (including phenoxy) is 1. The van der Waals surface area contributed by atoms with Crippen molar-refractivity contribution >= 4 is 46.1 Å². The first-order valence-corrected chi connectivity index (χ1v) is 12.7. The summed E-state index contributed by atoms with van der Waals surface area (Å²) in [5.74, 6) is 0.620. The molecule has 7 nitrogen and oxygen atoms in total. The van der Waals surface area contributed by atoms with Gasteiger partial charge in [0.2, 0.25) is 0 Å². The molecule has 1 aromatic heterocycles. The molecule has 0 aliphatic carbocycles. The van der Waals surface area contributed by atoms with Crippen molar-refractivity contribution in [3.05, 3.63) is 31.9 Å². The summed E-state index contributed by atoms with van der Waals surface area (Å²) in [6.07, 6.45) is 3.35. The number of thioether (sulfide) groups is 1. The predicted octanol–water partition coefficient (Wildman–Crippen LogP) is 4.05. The Kier molecular flexibility index (Phi) is 8.04. The molecule has 0 saturated carbocycles. The van der Waals surface area contributed by atoms with Crippen molar-refractivity contribution in [2.45, 2.75) is 79.2 Å². The molecule has 3 heterocycles. The molecule has 1 amide bonds. The van der Waals surface area contributed by atoms with Gasteiger partial charge in [0.15, 0.2) is 0 Å². The van der Waals surface area contributed by atoms with E-state index in [0.29, 0.717) is 34.4 Å². The molecule has 2 aliphatic rings. The molecule has 2 aliphatic heterocycles. The summed E-state index contributed by atoms with van der Waals surface area (Å²) in [7, 11) is 0. The van der Waals surface area contributed by atoms with Crippen LogP contribution < -0.4 is 10.5 Å². The summed E-state index contributed by atoms with van der Waals surface area (Å²) in [6, 6.07) is 2.11. The number of anilines is 1. The van der Waals surface area contributed by atoms with Crippen molar-refractivity contribution in [3.63, 3.8) is 0 Å². The second kappa shape index (κ2) is 10.4. The number of rotatable bonds is 6. The number of carbonyl (C=O) groups excluding carboxylic acids is 1. The van der Waals surface area contributed by atoms with E-state index < -0.39 is 0 Å². The number of amides is 1. The topological polar surface area (TPSA) is 78.6 Å². The van der Waals surface area contributed by atoms with Crippen molar-refractivity contribution in [1.29, 1.82) is 5.26 Å². The van der Waals surface area contributed by atoms with E-state index >= 15 is 0 Å². The van der Waals surface area contributed by atoms with Crippen LogP contribution in [-0.2, 0) is 16.1 Å². The number of hydrogen-bond acceptors (Lipinski definition) is 7. The van der Waals surface area contributed by atoms with E-state index in [1.165, 1.54) is 11.8 Å². The highest BCUT2D eigenvalue weighted by Crippen LogP contribution is 2.37.